The van der Waals surface area contributed by atoms with Gasteiger partial charge in [-0.3, -0.25) is 9.59 Å². The summed E-state index contributed by atoms with van der Waals surface area (Å²) in [5.41, 5.74) is 0.676. The van der Waals surface area contributed by atoms with Crippen molar-refractivity contribution in [1.82, 2.24) is 0 Å². The highest BCUT2D eigenvalue weighted by atomic mass is 16.5. The number of ketones is 1. The third-order valence-corrected chi connectivity index (χ3v) is 9.36. The van der Waals surface area contributed by atoms with Crippen LogP contribution < -0.4 is 0 Å². The summed E-state index contributed by atoms with van der Waals surface area (Å²) in [4.78, 5) is 22.9. The maximum absolute atomic E-state index is 12.2. The molecule has 140 valence electrons. The molecule has 3 nitrogen and oxygen atoms in total. The number of rotatable bonds is 3. The predicted molar refractivity (Wildman–Crippen MR) is 96.8 cm³/mol. The van der Waals surface area contributed by atoms with Gasteiger partial charge < -0.3 is 4.74 Å². The number of hydrogen-bond donors (Lipinski definition) is 0. The van der Waals surface area contributed by atoms with Crippen LogP contribution in [0.15, 0.2) is 0 Å². The number of fused-ring (bicyclic) bond motifs is 5. The first-order valence-electron chi connectivity index (χ1n) is 10.5. The Balaban J connectivity index is 1.56. The molecule has 4 rings (SSSR count). The van der Waals surface area contributed by atoms with Crippen molar-refractivity contribution in [1.29, 1.82) is 0 Å². The van der Waals surface area contributed by atoms with Gasteiger partial charge in [0, 0.05) is 5.92 Å². The van der Waals surface area contributed by atoms with Crippen molar-refractivity contribution in [2.45, 2.75) is 84.7 Å². The van der Waals surface area contributed by atoms with Crippen LogP contribution in [0.4, 0.5) is 0 Å². The Bertz CT molecular complexity index is 557. The molecule has 4 aliphatic carbocycles. The average Bonchev–Trinajstić information content (AvgIpc) is 2.93. The molecule has 4 fully saturated rings. The molecule has 0 spiro atoms. The van der Waals surface area contributed by atoms with Crippen LogP contribution in [0.25, 0.3) is 0 Å². The first kappa shape index (κ1) is 17.5. The molecule has 0 bridgehead atoms. The van der Waals surface area contributed by atoms with Gasteiger partial charge in [0.2, 0.25) is 0 Å². The quantitative estimate of drug-likeness (QED) is 0.691. The van der Waals surface area contributed by atoms with Gasteiger partial charge in [0.05, 0.1) is 0 Å². The lowest BCUT2D eigenvalue weighted by Crippen LogP contribution is -2.54. The summed E-state index contributed by atoms with van der Waals surface area (Å²) >= 11 is 0. The van der Waals surface area contributed by atoms with Gasteiger partial charge in [-0.1, -0.05) is 13.8 Å². The van der Waals surface area contributed by atoms with E-state index in [1.54, 1.807) is 0 Å². The second-order valence-electron chi connectivity index (χ2n) is 10.1. The molecule has 0 aliphatic heterocycles. The van der Waals surface area contributed by atoms with Crippen LogP contribution in [-0.4, -0.2) is 18.4 Å². The molecule has 4 saturated carbocycles. The van der Waals surface area contributed by atoms with Gasteiger partial charge in [-0.05, 0) is 99.2 Å². The molecule has 4 aliphatic rings. The van der Waals surface area contributed by atoms with Crippen LogP contribution in [0.2, 0.25) is 0 Å². The van der Waals surface area contributed by atoms with Gasteiger partial charge in [0.1, 0.15) is 11.9 Å². The van der Waals surface area contributed by atoms with Gasteiger partial charge in [0.15, 0.2) is 0 Å². The van der Waals surface area contributed by atoms with E-state index < -0.39 is 0 Å². The molecule has 0 heterocycles. The third-order valence-electron chi connectivity index (χ3n) is 9.36. The summed E-state index contributed by atoms with van der Waals surface area (Å²) in [7, 11) is 0. The van der Waals surface area contributed by atoms with E-state index in [0.29, 0.717) is 29.5 Å². The standard InChI is InChI=1S/C22H34O3/c1-14(24)18-6-7-19-17-5-4-15-12-16(25-13-23)8-10-21(15,2)20(17)9-11-22(18,19)3/h13,15-20H,4-12H2,1-3H3/t15-,16?,17+,18-,19+,20+,21+,22-/m1/s1. The molecule has 0 aromatic carbocycles. The van der Waals surface area contributed by atoms with Crippen LogP contribution in [-0.2, 0) is 14.3 Å². The van der Waals surface area contributed by atoms with Crippen molar-refractivity contribution < 1.29 is 14.3 Å². The van der Waals surface area contributed by atoms with E-state index in [-0.39, 0.29) is 11.5 Å². The number of carbonyl (C=O) groups excluding carboxylic acids is 2. The molecule has 0 aromatic heterocycles. The van der Waals surface area contributed by atoms with Gasteiger partial charge in [-0.2, -0.15) is 0 Å². The van der Waals surface area contributed by atoms with E-state index in [9.17, 15) is 9.59 Å². The van der Waals surface area contributed by atoms with E-state index in [1.165, 1.54) is 38.5 Å². The molecule has 0 N–H and O–H groups in total. The monoisotopic (exact) mass is 346 g/mol. The topological polar surface area (TPSA) is 43.4 Å². The minimum atomic E-state index is 0.148. The zero-order valence-corrected chi connectivity index (χ0v) is 16.1. The first-order chi connectivity index (χ1) is 11.9. The predicted octanol–water partition coefficient (Wildman–Crippen LogP) is 4.78. The summed E-state index contributed by atoms with van der Waals surface area (Å²) in [6, 6.07) is 0. The zero-order chi connectivity index (χ0) is 17.8. The second kappa shape index (κ2) is 6.09. The fraction of sp³-hybridized carbons (Fsp3) is 0.909. The van der Waals surface area contributed by atoms with E-state index in [0.717, 1.165) is 37.0 Å². The van der Waals surface area contributed by atoms with Crippen LogP contribution in [0.1, 0.15) is 78.6 Å². The Morgan fingerprint density at radius 3 is 2.40 bits per heavy atom. The van der Waals surface area contributed by atoms with E-state index in [2.05, 4.69) is 13.8 Å². The minimum absolute atomic E-state index is 0.148. The second-order valence-corrected chi connectivity index (χ2v) is 10.1. The fourth-order valence-corrected chi connectivity index (χ4v) is 8.09. The van der Waals surface area contributed by atoms with E-state index in [1.807, 2.05) is 6.92 Å². The Morgan fingerprint density at radius 1 is 0.960 bits per heavy atom. The first-order valence-corrected chi connectivity index (χ1v) is 10.5. The largest absolute Gasteiger partial charge is 0.465 e. The van der Waals surface area contributed by atoms with Crippen molar-refractivity contribution in [3.8, 4) is 0 Å². The molecular formula is C22H34O3. The molecule has 1 unspecified atom stereocenters. The maximum Gasteiger partial charge on any atom is 0.293 e. The molecule has 25 heavy (non-hydrogen) atoms. The number of carbonyl (C=O) groups is 2. The van der Waals surface area contributed by atoms with Gasteiger partial charge in [-0.25, -0.2) is 0 Å². The molecule has 0 radical (unpaired) electrons. The molecule has 8 atom stereocenters. The van der Waals surface area contributed by atoms with Gasteiger partial charge in [-0.15, -0.1) is 0 Å². The van der Waals surface area contributed by atoms with Crippen molar-refractivity contribution in [2.75, 3.05) is 0 Å². The van der Waals surface area contributed by atoms with Crippen LogP contribution in [0.3, 0.4) is 0 Å². The summed E-state index contributed by atoms with van der Waals surface area (Å²) in [5, 5.41) is 0. The highest BCUT2D eigenvalue weighted by molar-refractivity contribution is 5.79. The summed E-state index contributed by atoms with van der Waals surface area (Å²) < 4.78 is 5.32. The molecular weight excluding hydrogens is 312 g/mol. The molecule has 0 amide bonds. The van der Waals surface area contributed by atoms with Crippen molar-refractivity contribution in [3.63, 3.8) is 0 Å². The van der Waals surface area contributed by atoms with Crippen molar-refractivity contribution in [2.24, 2.45) is 40.4 Å². The SMILES string of the molecule is CC(=O)[C@H]1CC[C@H]2[C@@H]3CC[C@@H]4CC(OC=O)CC[C@]4(C)[C@H]3CC[C@]12C. The fourth-order valence-electron chi connectivity index (χ4n) is 8.09. The minimum Gasteiger partial charge on any atom is -0.465 e. The molecule has 0 aromatic rings. The van der Waals surface area contributed by atoms with Gasteiger partial charge >= 0.3 is 0 Å². The smallest absolute Gasteiger partial charge is 0.293 e. The van der Waals surface area contributed by atoms with Crippen LogP contribution in [0, 0.1) is 40.4 Å². The van der Waals surface area contributed by atoms with E-state index in [4.69, 9.17) is 4.74 Å². The van der Waals surface area contributed by atoms with Crippen molar-refractivity contribution in [3.05, 3.63) is 0 Å². The van der Waals surface area contributed by atoms with E-state index >= 15 is 0 Å². The lowest BCUT2D eigenvalue weighted by atomic mass is 9.44. The van der Waals surface area contributed by atoms with Crippen LogP contribution >= 0.6 is 0 Å². The lowest BCUT2D eigenvalue weighted by Gasteiger charge is -2.61. The number of ether oxygens (including phenoxy) is 1. The number of Topliss-reactive ketones (excluding diaryl/α,β-unsaturated/α-hetero) is 1. The third kappa shape index (κ3) is 2.51. The average molecular weight is 347 g/mol. The zero-order valence-electron chi connectivity index (χ0n) is 16.1. The van der Waals surface area contributed by atoms with Crippen molar-refractivity contribution >= 4 is 12.3 Å². The Labute approximate surface area is 152 Å². The van der Waals surface area contributed by atoms with Crippen LogP contribution in [0.5, 0.6) is 0 Å². The summed E-state index contributed by atoms with van der Waals surface area (Å²) in [6.07, 6.45) is 11.0. The molecule has 3 heteroatoms. The highest BCUT2D eigenvalue weighted by Crippen LogP contribution is 2.67. The Kier molecular flexibility index (Phi) is 4.28. The Hall–Kier alpha value is -0.860. The number of hydrogen-bond acceptors (Lipinski definition) is 3. The molecule has 0 saturated heterocycles. The van der Waals surface area contributed by atoms with Gasteiger partial charge in [0.25, 0.3) is 6.47 Å². The normalized spacial score (nSPS) is 51.8. The highest BCUT2D eigenvalue weighted by Gasteiger charge is 2.60. The maximum atomic E-state index is 12.2. The Morgan fingerprint density at radius 2 is 1.68 bits per heavy atom. The summed E-state index contributed by atoms with van der Waals surface area (Å²) in [5.74, 6) is 3.82. The lowest BCUT2D eigenvalue weighted by molar-refractivity contribution is -0.152. The summed E-state index contributed by atoms with van der Waals surface area (Å²) in [6.45, 7) is 7.42.